The normalized spacial score (nSPS) is 12.4. The van der Waals surface area contributed by atoms with Gasteiger partial charge in [-0.1, -0.05) is 39.3 Å². The van der Waals surface area contributed by atoms with Crippen LogP contribution in [0.1, 0.15) is 56.0 Å². The number of aryl methyl sites for hydroxylation is 1. The Kier molecular flexibility index (Phi) is 8.06. The van der Waals surface area contributed by atoms with Crippen molar-refractivity contribution in [2.24, 2.45) is 5.92 Å². The zero-order valence-electron chi connectivity index (χ0n) is 13.7. The molecule has 21 heavy (non-hydrogen) atoms. The van der Waals surface area contributed by atoms with Crippen molar-refractivity contribution in [1.82, 2.24) is 0 Å². The molecule has 1 rings (SSSR count). The van der Waals surface area contributed by atoms with Crippen molar-refractivity contribution < 1.29 is 14.3 Å². The van der Waals surface area contributed by atoms with Gasteiger partial charge < -0.3 is 9.47 Å². The molecular weight excluding hydrogens is 264 g/mol. The van der Waals surface area contributed by atoms with Crippen LogP contribution in [-0.4, -0.2) is 25.8 Å². The number of benzene rings is 1. The average molecular weight is 292 g/mol. The first-order valence-corrected chi connectivity index (χ1v) is 7.85. The van der Waals surface area contributed by atoms with Crippen molar-refractivity contribution in [3.8, 4) is 0 Å². The van der Waals surface area contributed by atoms with E-state index in [1.54, 1.807) is 7.11 Å². The number of hydrogen-bond donors (Lipinski definition) is 0. The number of carbonyl (C=O) groups is 1. The molecule has 1 aromatic carbocycles. The number of unbranched alkanes of at least 4 members (excludes halogenated alkanes) is 1. The van der Waals surface area contributed by atoms with Gasteiger partial charge in [0.15, 0.2) is 0 Å². The Morgan fingerprint density at radius 2 is 1.86 bits per heavy atom. The van der Waals surface area contributed by atoms with Crippen LogP contribution < -0.4 is 0 Å². The molecule has 0 aromatic heterocycles. The number of esters is 1. The summed E-state index contributed by atoms with van der Waals surface area (Å²) in [6.45, 7) is 6.84. The Balaban J connectivity index is 2.60. The van der Waals surface area contributed by atoms with Gasteiger partial charge in [-0.2, -0.15) is 0 Å². The van der Waals surface area contributed by atoms with E-state index in [4.69, 9.17) is 9.47 Å². The monoisotopic (exact) mass is 292 g/mol. The summed E-state index contributed by atoms with van der Waals surface area (Å²) in [5.74, 6) is 0.203. The van der Waals surface area contributed by atoms with Crippen molar-refractivity contribution in [2.75, 3.05) is 13.7 Å². The standard InChI is InChI=1S/C18H28O3/c1-5-6-7-15-8-10-16(11-9-15)18(19)21-17(13-20-4)12-14(2)3/h8-11,14,17H,5-7,12-13H2,1-4H3. The fourth-order valence-electron chi connectivity index (χ4n) is 2.27. The van der Waals surface area contributed by atoms with Gasteiger partial charge in [-0.25, -0.2) is 4.79 Å². The van der Waals surface area contributed by atoms with Crippen LogP contribution in [0.15, 0.2) is 24.3 Å². The van der Waals surface area contributed by atoms with Gasteiger partial charge in [0.25, 0.3) is 0 Å². The maximum Gasteiger partial charge on any atom is 0.338 e. The van der Waals surface area contributed by atoms with E-state index in [1.165, 1.54) is 18.4 Å². The van der Waals surface area contributed by atoms with E-state index in [-0.39, 0.29) is 12.1 Å². The topological polar surface area (TPSA) is 35.5 Å². The summed E-state index contributed by atoms with van der Waals surface area (Å²) in [5.41, 5.74) is 1.88. The second kappa shape index (κ2) is 9.56. The molecule has 0 aliphatic heterocycles. The Labute approximate surface area is 128 Å². The number of rotatable bonds is 9. The Morgan fingerprint density at radius 3 is 2.38 bits per heavy atom. The fraction of sp³-hybridized carbons (Fsp3) is 0.611. The highest BCUT2D eigenvalue weighted by Crippen LogP contribution is 2.13. The molecule has 0 saturated carbocycles. The first-order valence-electron chi connectivity index (χ1n) is 7.85. The third-order valence-corrected chi connectivity index (χ3v) is 3.37. The summed E-state index contributed by atoms with van der Waals surface area (Å²) >= 11 is 0. The van der Waals surface area contributed by atoms with E-state index in [9.17, 15) is 4.79 Å². The minimum atomic E-state index is -0.264. The number of hydrogen-bond acceptors (Lipinski definition) is 3. The molecule has 1 atom stereocenters. The molecule has 0 radical (unpaired) electrons. The third-order valence-electron chi connectivity index (χ3n) is 3.37. The maximum absolute atomic E-state index is 12.2. The molecule has 0 fully saturated rings. The van der Waals surface area contributed by atoms with Gasteiger partial charge in [-0.05, 0) is 42.9 Å². The molecule has 3 heteroatoms. The molecule has 0 aliphatic rings. The van der Waals surface area contributed by atoms with Crippen molar-refractivity contribution in [3.05, 3.63) is 35.4 Å². The third kappa shape index (κ3) is 6.76. The molecule has 0 spiro atoms. The Bertz CT molecular complexity index is 409. The van der Waals surface area contributed by atoms with Gasteiger partial charge in [0.2, 0.25) is 0 Å². The molecule has 0 bridgehead atoms. The number of methoxy groups -OCH3 is 1. The molecule has 0 amide bonds. The lowest BCUT2D eigenvalue weighted by Crippen LogP contribution is -2.24. The summed E-state index contributed by atoms with van der Waals surface area (Å²) < 4.78 is 10.7. The van der Waals surface area contributed by atoms with Gasteiger partial charge in [0.05, 0.1) is 12.2 Å². The van der Waals surface area contributed by atoms with Gasteiger partial charge in [-0.15, -0.1) is 0 Å². The predicted octanol–water partition coefficient (Wildman–Crippen LogP) is 4.25. The highest BCUT2D eigenvalue weighted by molar-refractivity contribution is 5.89. The van der Waals surface area contributed by atoms with E-state index in [0.29, 0.717) is 18.1 Å². The summed E-state index contributed by atoms with van der Waals surface area (Å²) in [6, 6.07) is 7.74. The second-order valence-corrected chi connectivity index (χ2v) is 5.91. The predicted molar refractivity (Wildman–Crippen MR) is 85.6 cm³/mol. The average Bonchev–Trinajstić information content (AvgIpc) is 2.45. The van der Waals surface area contributed by atoms with Crippen LogP contribution in [0.25, 0.3) is 0 Å². The van der Waals surface area contributed by atoms with Crippen LogP contribution >= 0.6 is 0 Å². The van der Waals surface area contributed by atoms with E-state index in [0.717, 1.165) is 12.8 Å². The van der Waals surface area contributed by atoms with Crippen molar-refractivity contribution in [2.45, 2.75) is 52.6 Å². The number of ether oxygens (including phenoxy) is 2. The molecule has 1 aromatic rings. The zero-order chi connectivity index (χ0) is 15.7. The van der Waals surface area contributed by atoms with E-state index in [2.05, 4.69) is 20.8 Å². The minimum absolute atomic E-state index is 0.178. The molecule has 0 saturated heterocycles. The largest absolute Gasteiger partial charge is 0.456 e. The summed E-state index contributed by atoms with van der Waals surface area (Å²) in [5, 5.41) is 0. The van der Waals surface area contributed by atoms with Crippen molar-refractivity contribution >= 4 is 5.97 Å². The van der Waals surface area contributed by atoms with Crippen LogP contribution in [0.5, 0.6) is 0 Å². The molecule has 1 unspecified atom stereocenters. The molecular formula is C18H28O3. The lowest BCUT2D eigenvalue weighted by atomic mass is 10.1. The Hall–Kier alpha value is -1.35. The molecule has 3 nitrogen and oxygen atoms in total. The van der Waals surface area contributed by atoms with E-state index in [1.807, 2.05) is 24.3 Å². The summed E-state index contributed by atoms with van der Waals surface area (Å²) in [6.07, 6.45) is 4.05. The highest BCUT2D eigenvalue weighted by atomic mass is 16.6. The van der Waals surface area contributed by atoms with Gasteiger partial charge in [-0.3, -0.25) is 0 Å². The highest BCUT2D eigenvalue weighted by Gasteiger charge is 2.17. The smallest absolute Gasteiger partial charge is 0.338 e. The van der Waals surface area contributed by atoms with Crippen LogP contribution in [-0.2, 0) is 15.9 Å². The van der Waals surface area contributed by atoms with Gasteiger partial charge in [0, 0.05) is 7.11 Å². The summed E-state index contributed by atoms with van der Waals surface area (Å²) in [4.78, 5) is 12.2. The molecule has 118 valence electrons. The Morgan fingerprint density at radius 1 is 1.19 bits per heavy atom. The first-order chi connectivity index (χ1) is 10.1. The van der Waals surface area contributed by atoms with Crippen molar-refractivity contribution in [3.63, 3.8) is 0 Å². The van der Waals surface area contributed by atoms with Gasteiger partial charge >= 0.3 is 5.97 Å². The van der Waals surface area contributed by atoms with E-state index >= 15 is 0 Å². The molecule has 0 N–H and O–H groups in total. The molecule has 0 aliphatic carbocycles. The first kappa shape index (κ1) is 17.7. The van der Waals surface area contributed by atoms with Gasteiger partial charge in [0.1, 0.15) is 6.10 Å². The minimum Gasteiger partial charge on any atom is -0.456 e. The molecule has 0 heterocycles. The van der Waals surface area contributed by atoms with Crippen LogP contribution in [0, 0.1) is 5.92 Å². The summed E-state index contributed by atoms with van der Waals surface area (Å²) in [7, 11) is 1.63. The van der Waals surface area contributed by atoms with Crippen molar-refractivity contribution in [1.29, 1.82) is 0 Å². The lowest BCUT2D eigenvalue weighted by Gasteiger charge is -2.19. The SMILES string of the molecule is CCCCc1ccc(C(=O)OC(COC)CC(C)C)cc1. The van der Waals surface area contributed by atoms with Crippen LogP contribution in [0.4, 0.5) is 0 Å². The van der Waals surface area contributed by atoms with Crippen LogP contribution in [0.3, 0.4) is 0 Å². The maximum atomic E-state index is 12.2. The quantitative estimate of drug-likeness (QED) is 0.638. The second-order valence-electron chi connectivity index (χ2n) is 5.91. The lowest BCUT2D eigenvalue weighted by molar-refractivity contribution is -0.000679. The fourth-order valence-corrected chi connectivity index (χ4v) is 2.27. The number of carbonyl (C=O) groups excluding carboxylic acids is 1. The van der Waals surface area contributed by atoms with Crippen LogP contribution in [0.2, 0.25) is 0 Å². The van der Waals surface area contributed by atoms with E-state index < -0.39 is 0 Å². The zero-order valence-corrected chi connectivity index (χ0v) is 13.7.